The number of rotatable bonds is 3. The standard InChI is InChI=1S/C13H17F2N3O/c1-17(2)11(8-12(19)18(3)4)16-13-9(14)6-5-7-10(13)15/h5-7H,8H2,1-4H3. The van der Waals surface area contributed by atoms with Crippen molar-refractivity contribution in [2.45, 2.75) is 6.42 Å². The van der Waals surface area contributed by atoms with Crippen molar-refractivity contribution in [2.75, 3.05) is 28.2 Å². The highest BCUT2D eigenvalue weighted by atomic mass is 19.1. The molecule has 1 rings (SSSR count). The van der Waals surface area contributed by atoms with Gasteiger partial charge in [-0.2, -0.15) is 0 Å². The second kappa shape index (κ2) is 6.26. The van der Waals surface area contributed by atoms with Gasteiger partial charge in [-0.3, -0.25) is 4.79 Å². The average Bonchev–Trinajstić information content (AvgIpc) is 2.31. The van der Waals surface area contributed by atoms with Gasteiger partial charge in [0.15, 0.2) is 11.6 Å². The third-order valence-electron chi connectivity index (χ3n) is 2.50. The summed E-state index contributed by atoms with van der Waals surface area (Å²) in [7, 11) is 6.56. The minimum absolute atomic E-state index is 0.0201. The third kappa shape index (κ3) is 4.01. The molecule has 0 bridgehead atoms. The van der Waals surface area contributed by atoms with Gasteiger partial charge in [0, 0.05) is 28.2 Å². The van der Waals surface area contributed by atoms with Crippen LogP contribution in [0.2, 0.25) is 0 Å². The maximum absolute atomic E-state index is 13.5. The van der Waals surface area contributed by atoms with E-state index in [2.05, 4.69) is 4.99 Å². The van der Waals surface area contributed by atoms with Crippen LogP contribution in [0.3, 0.4) is 0 Å². The van der Waals surface area contributed by atoms with E-state index < -0.39 is 11.6 Å². The highest BCUT2D eigenvalue weighted by molar-refractivity contribution is 6.00. The quantitative estimate of drug-likeness (QED) is 0.622. The lowest BCUT2D eigenvalue weighted by Gasteiger charge is -2.18. The van der Waals surface area contributed by atoms with Crippen molar-refractivity contribution in [1.82, 2.24) is 9.80 Å². The van der Waals surface area contributed by atoms with Crippen molar-refractivity contribution in [3.05, 3.63) is 29.8 Å². The zero-order chi connectivity index (χ0) is 14.6. The Labute approximate surface area is 111 Å². The number of carbonyl (C=O) groups excluding carboxylic acids is 1. The van der Waals surface area contributed by atoms with Crippen molar-refractivity contribution < 1.29 is 13.6 Å². The largest absolute Gasteiger partial charge is 0.366 e. The Morgan fingerprint density at radius 1 is 1.11 bits per heavy atom. The molecule has 0 unspecified atom stereocenters. The Bertz CT molecular complexity index is 478. The molecular weight excluding hydrogens is 252 g/mol. The van der Waals surface area contributed by atoms with Gasteiger partial charge >= 0.3 is 0 Å². The van der Waals surface area contributed by atoms with Crippen LogP contribution >= 0.6 is 0 Å². The van der Waals surface area contributed by atoms with Crippen LogP contribution in [0, 0.1) is 11.6 Å². The van der Waals surface area contributed by atoms with Gasteiger partial charge in [-0.15, -0.1) is 0 Å². The smallest absolute Gasteiger partial charge is 0.229 e. The topological polar surface area (TPSA) is 35.9 Å². The van der Waals surface area contributed by atoms with Crippen molar-refractivity contribution in [1.29, 1.82) is 0 Å². The fraction of sp³-hybridized carbons (Fsp3) is 0.385. The van der Waals surface area contributed by atoms with Crippen LogP contribution in [0.15, 0.2) is 23.2 Å². The summed E-state index contributed by atoms with van der Waals surface area (Å²) >= 11 is 0. The van der Waals surface area contributed by atoms with Gasteiger partial charge in [0.25, 0.3) is 0 Å². The fourth-order valence-electron chi connectivity index (χ4n) is 1.32. The van der Waals surface area contributed by atoms with Gasteiger partial charge in [-0.25, -0.2) is 13.8 Å². The maximum Gasteiger partial charge on any atom is 0.229 e. The zero-order valence-corrected chi connectivity index (χ0v) is 11.4. The van der Waals surface area contributed by atoms with Crippen molar-refractivity contribution in [3.8, 4) is 0 Å². The predicted octanol–water partition coefficient (Wildman–Crippen LogP) is 2.03. The summed E-state index contributed by atoms with van der Waals surface area (Å²) in [6.07, 6.45) is -0.0201. The minimum atomic E-state index is -0.753. The Kier molecular flexibility index (Phi) is 4.97. The number of hydrogen-bond acceptors (Lipinski definition) is 2. The van der Waals surface area contributed by atoms with E-state index >= 15 is 0 Å². The summed E-state index contributed by atoms with van der Waals surface area (Å²) in [5, 5.41) is 0. The molecule has 0 heterocycles. The van der Waals surface area contributed by atoms with E-state index in [0.29, 0.717) is 5.84 Å². The zero-order valence-electron chi connectivity index (χ0n) is 11.4. The lowest BCUT2D eigenvalue weighted by Crippen LogP contribution is -2.30. The van der Waals surface area contributed by atoms with Crippen LogP contribution in [-0.2, 0) is 4.79 Å². The molecule has 1 aromatic rings. The molecule has 0 aliphatic rings. The Balaban J connectivity index is 3.12. The third-order valence-corrected chi connectivity index (χ3v) is 2.50. The highest BCUT2D eigenvalue weighted by Crippen LogP contribution is 2.22. The van der Waals surface area contributed by atoms with Gasteiger partial charge in [-0.1, -0.05) is 6.07 Å². The molecule has 0 aromatic heterocycles. The monoisotopic (exact) mass is 269 g/mol. The molecule has 0 saturated heterocycles. The van der Waals surface area contributed by atoms with Crippen LogP contribution in [0.1, 0.15) is 6.42 Å². The molecule has 19 heavy (non-hydrogen) atoms. The van der Waals surface area contributed by atoms with Crippen LogP contribution in [-0.4, -0.2) is 49.7 Å². The van der Waals surface area contributed by atoms with Gasteiger partial charge in [0.05, 0.1) is 6.42 Å². The van der Waals surface area contributed by atoms with Crippen molar-refractivity contribution >= 4 is 17.4 Å². The molecule has 104 valence electrons. The molecule has 0 fully saturated rings. The predicted molar refractivity (Wildman–Crippen MR) is 70.5 cm³/mol. The molecule has 4 nitrogen and oxygen atoms in total. The first-order valence-corrected chi connectivity index (χ1v) is 5.72. The Morgan fingerprint density at radius 3 is 2.05 bits per heavy atom. The molecule has 0 N–H and O–H groups in total. The molecule has 0 aliphatic heterocycles. The molecule has 1 aromatic carbocycles. The van der Waals surface area contributed by atoms with Crippen LogP contribution in [0.5, 0.6) is 0 Å². The van der Waals surface area contributed by atoms with Crippen LogP contribution < -0.4 is 0 Å². The first-order chi connectivity index (χ1) is 8.82. The number of halogens is 2. The van der Waals surface area contributed by atoms with E-state index in [0.717, 1.165) is 12.1 Å². The second-order valence-electron chi connectivity index (χ2n) is 4.46. The van der Waals surface area contributed by atoms with Gasteiger partial charge in [0.1, 0.15) is 11.5 Å². The Morgan fingerprint density at radius 2 is 1.63 bits per heavy atom. The SMILES string of the molecule is CN(C)C(=O)CC(=Nc1c(F)cccc1F)N(C)C. The van der Waals surface area contributed by atoms with E-state index in [9.17, 15) is 13.6 Å². The van der Waals surface area contributed by atoms with E-state index in [4.69, 9.17) is 0 Å². The lowest BCUT2D eigenvalue weighted by molar-refractivity contribution is -0.127. The van der Waals surface area contributed by atoms with Crippen LogP contribution in [0.25, 0.3) is 0 Å². The molecule has 0 saturated carbocycles. The number of nitrogens with zero attached hydrogens (tertiary/aromatic N) is 3. The molecule has 0 atom stereocenters. The summed E-state index contributed by atoms with van der Waals surface area (Å²) in [4.78, 5) is 18.5. The summed E-state index contributed by atoms with van der Waals surface area (Å²) < 4.78 is 27.0. The van der Waals surface area contributed by atoms with E-state index in [1.807, 2.05) is 0 Å². The summed E-state index contributed by atoms with van der Waals surface area (Å²) in [5.41, 5.74) is -0.377. The van der Waals surface area contributed by atoms with E-state index in [1.54, 1.807) is 33.1 Å². The molecule has 0 aliphatic carbocycles. The second-order valence-corrected chi connectivity index (χ2v) is 4.46. The normalized spacial score (nSPS) is 11.4. The summed E-state index contributed by atoms with van der Waals surface area (Å²) in [5.74, 6) is -1.40. The number of benzene rings is 1. The fourth-order valence-corrected chi connectivity index (χ4v) is 1.32. The molecule has 6 heteroatoms. The summed E-state index contributed by atoms with van der Waals surface area (Å²) in [6.45, 7) is 0. The number of para-hydroxylation sites is 1. The Hall–Kier alpha value is -1.98. The lowest BCUT2D eigenvalue weighted by atomic mass is 10.2. The van der Waals surface area contributed by atoms with Gasteiger partial charge in [0.2, 0.25) is 5.91 Å². The first kappa shape index (κ1) is 15.1. The van der Waals surface area contributed by atoms with Gasteiger partial charge in [-0.05, 0) is 12.1 Å². The highest BCUT2D eigenvalue weighted by Gasteiger charge is 2.14. The number of hydrogen-bond donors (Lipinski definition) is 0. The number of amidine groups is 1. The van der Waals surface area contributed by atoms with Crippen molar-refractivity contribution in [3.63, 3.8) is 0 Å². The number of aliphatic imine (C=N–C) groups is 1. The molecular formula is C13H17F2N3O. The number of amides is 1. The van der Waals surface area contributed by atoms with E-state index in [1.165, 1.54) is 11.0 Å². The van der Waals surface area contributed by atoms with Crippen LogP contribution in [0.4, 0.5) is 14.5 Å². The van der Waals surface area contributed by atoms with E-state index in [-0.39, 0.29) is 18.0 Å². The molecule has 0 radical (unpaired) electrons. The van der Waals surface area contributed by atoms with Crippen molar-refractivity contribution in [2.24, 2.45) is 4.99 Å². The number of carbonyl (C=O) groups is 1. The first-order valence-electron chi connectivity index (χ1n) is 5.72. The minimum Gasteiger partial charge on any atom is -0.366 e. The average molecular weight is 269 g/mol. The molecule has 0 spiro atoms. The summed E-state index contributed by atoms with van der Waals surface area (Å²) in [6, 6.07) is 3.52. The molecule has 1 amide bonds. The maximum atomic E-state index is 13.5. The van der Waals surface area contributed by atoms with Gasteiger partial charge < -0.3 is 9.80 Å².